The first-order chi connectivity index (χ1) is 31.5. The van der Waals surface area contributed by atoms with E-state index < -0.39 is 8.07 Å². The number of benzene rings is 4. The first-order valence-electron chi connectivity index (χ1n) is 26.5. The van der Waals surface area contributed by atoms with Crippen molar-refractivity contribution >= 4 is 13.3 Å². The Kier molecular flexibility index (Phi) is 11.8. The van der Waals surface area contributed by atoms with Gasteiger partial charge in [-0.05, 0) is 186 Å². The molecule has 1 heterocycles. The largest absolute Gasteiger partial charge is 0.507 e. The van der Waals surface area contributed by atoms with Crippen LogP contribution in [0.1, 0.15) is 162 Å². The molecule has 0 spiro atoms. The maximum absolute atomic E-state index is 12.9. The van der Waals surface area contributed by atoms with E-state index in [2.05, 4.69) is 160 Å². The van der Waals surface area contributed by atoms with Crippen molar-refractivity contribution in [3.63, 3.8) is 0 Å². The molecule has 0 unspecified atom stereocenters. The van der Waals surface area contributed by atoms with Gasteiger partial charge in [0.1, 0.15) is 11.5 Å². The van der Waals surface area contributed by atoms with Gasteiger partial charge in [-0.25, -0.2) is 4.98 Å². The van der Waals surface area contributed by atoms with Gasteiger partial charge in [0.2, 0.25) is 0 Å². The Morgan fingerprint density at radius 1 is 0.456 bits per heavy atom. The molecule has 5 aromatic rings. The Balaban J connectivity index is 0.00000539. The van der Waals surface area contributed by atoms with Gasteiger partial charge in [-0.15, -0.1) is 0 Å². The van der Waals surface area contributed by atoms with Gasteiger partial charge in [0.05, 0.1) is 19.5 Å². The zero-order valence-electron chi connectivity index (χ0n) is 43.4. The third-order valence-corrected chi connectivity index (χ3v) is 25.1. The predicted octanol–water partition coefficient (Wildman–Crippen LogP) is 16.4. The summed E-state index contributed by atoms with van der Waals surface area (Å²) in [6, 6.07) is 31.8. The molecule has 0 atom stereocenters. The van der Waals surface area contributed by atoms with E-state index in [0.29, 0.717) is 11.5 Å². The molecule has 2 N–H and O–H groups in total. The van der Waals surface area contributed by atoms with Crippen LogP contribution in [0.3, 0.4) is 0 Å². The molecule has 3 nitrogen and oxygen atoms in total. The first-order valence-corrected chi connectivity index (χ1v) is 29.5. The first kappa shape index (κ1) is 48.4. The van der Waals surface area contributed by atoms with Crippen LogP contribution in [0.5, 0.6) is 11.5 Å². The van der Waals surface area contributed by atoms with E-state index in [1.54, 1.807) is 0 Å². The van der Waals surface area contributed by atoms with E-state index in [9.17, 15) is 10.2 Å². The summed E-state index contributed by atoms with van der Waals surface area (Å²) in [4.78, 5) is 5.76. The fourth-order valence-corrected chi connectivity index (χ4v) is 17.6. The third-order valence-electron chi connectivity index (χ3n) is 19.6. The molecule has 8 saturated carbocycles. The molecule has 68 heavy (non-hydrogen) atoms. The zero-order valence-corrected chi connectivity index (χ0v) is 46.8. The van der Waals surface area contributed by atoms with Crippen LogP contribution in [0.25, 0.3) is 44.8 Å². The number of phenolic OH excluding ortho intramolecular Hbond substituents is 2. The van der Waals surface area contributed by atoms with Gasteiger partial charge in [0, 0.05) is 59.6 Å². The average Bonchev–Trinajstić information content (AvgIpc) is 3.24. The average molecular weight is 1000 g/mol. The van der Waals surface area contributed by atoms with Gasteiger partial charge >= 0.3 is 0 Å². The molecular weight excluding hydrogens is 922 g/mol. The van der Waals surface area contributed by atoms with E-state index in [0.717, 1.165) is 80.3 Å². The molecule has 13 rings (SSSR count). The quantitative estimate of drug-likeness (QED) is 0.160. The normalized spacial score (nSPS) is 28.5. The molecule has 1 aromatic heterocycles. The number of rotatable bonds is 7. The fourth-order valence-electron chi connectivity index (χ4n) is 15.7. The summed E-state index contributed by atoms with van der Waals surface area (Å²) in [6.07, 6.45) is 15.5. The van der Waals surface area contributed by atoms with Crippen LogP contribution < -0.4 is 5.19 Å². The zero-order chi connectivity index (χ0) is 47.2. The molecular formula is C63H79NO2SiZr. The molecule has 8 fully saturated rings. The molecule has 0 aliphatic heterocycles. The van der Waals surface area contributed by atoms with E-state index in [1.807, 2.05) is 0 Å². The molecule has 0 radical (unpaired) electrons. The van der Waals surface area contributed by atoms with Crippen molar-refractivity contribution in [3.8, 4) is 56.3 Å². The van der Waals surface area contributed by atoms with Crippen molar-refractivity contribution in [3.05, 3.63) is 107 Å². The van der Waals surface area contributed by atoms with Crippen LogP contribution in [0, 0.1) is 35.5 Å². The van der Waals surface area contributed by atoms with Crippen LogP contribution in [-0.2, 0) is 47.9 Å². The topological polar surface area (TPSA) is 53.4 Å². The second-order valence-electron chi connectivity index (χ2n) is 27.3. The van der Waals surface area contributed by atoms with Crippen LogP contribution in [-0.4, -0.2) is 23.3 Å². The molecule has 0 amide bonds. The summed E-state index contributed by atoms with van der Waals surface area (Å²) in [6.45, 7) is 26.2. The Morgan fingerprint density at radius 3 is 1.06 bits per heavy atom. The molecule has 5 heteroatoms. The van der Waals surface area contributed by atoms with Crippen molar-refractivity contribution < 1.29 is 36.4 Å². The summed E-state index contributed by atoms with van der Waals surface area (Å²) < 4.78 is 0. The summed E-state index contributed by atoms with van der Waals surface area (Å²) in [5.41, 5.74) is 12.9. The van der Waals surface area contributed by atoms with Crippen molar-refractivity contribution in [2.75, 3.05) is 0 Å². The minimum Gasteiger partial charge on any atom is -0.507 e. The van der Waals surface area contributed by atoms with Gasteiger partial charge in [0.15, 0.2) is 0 Å². The summed E-state index contributed by atoms with van der Waals surface area (Å²) in [5, 5.41) is 27.3. The van der Waals surface area contributed by atoms with Gasteiger partial charge in [-0.3, -0.25) is 0 Å². The molecule has 8 bridgehead atoms. The van der Waals surface area contributed by atoms with Gasteiger partial charge < -0.3 is 10.2 Å². The number of aromatic hydroxyl groups is 2. The minimum atomic E-state index is -2.13. The van der Waals surface area contributed by atoms with E-state index >= 15 is 0 Å². The number of pyridine rings is 1. The standard InChI is InChI=1S/C63H79NO2Si.Zr/c1-59(2,3)44-26-51(57(65)53(28-44)62-32-38-20-39(33-62)22-40(21-38)34-62)47-16-12-14-18-49(47)55-30-46(67(10,11)61(7,8)9)31-56(64-55)50-19-15-13-17-48(50)52-27-45(60(4,5)6)29-54(58(52)66)63-35-41-23-42(36-63)25-43(24-41)37-63;/h12-19,26-31,38-43,65-66H,20-25,32-37H2,1-11H3;. The second kappa shape index (κ2) is 16.6. The van der Waals surface area contributed by atoms with Crippen LogP contribution >= 0.6 is 0 Å². The monoisotopic (exact) mass is 999 g/mol. The molecule has 4 aromatic carbocycles. The van der Waals surface area contributed by atoms with Gasteiger partial charge in [-0.2, -0.15) is 0 Å². The Bertz CT molecular complexity index is 2530. The summed E-state index contributed by atoms with van der Waals surface area (Å²) in [5.74, 6) is 5.66. The molecule has 356 valence electrons. The van der Waals surface area contributed by atoms with Crippen LogP contribution in [0.4, 0.5) is 0 Å². The number of hydrogen-bond donors (Lipinski definition) is 2. The SMILES string of the molecule is CC(C)(C)c1cc(-c2ccccc2-c2cc([Si](C)(C)C(C)(C)C)cc(-c3ccccc3-c3cc(C(C)(C)C)cc(C45CC6CC(CC(C6)C4)C5)c3O)n2)c(O)c(C23CC4CC(CC(C4)C2)C3)c1.[Zr]. The molecule has 8 aliphatic rings. The molecule has 0 saturated heterocycles. The van der Waals surface area contributed by atoms with Crippen molar-refractivity contribution in [1.29, 1.82) is 0 Å². The van der Waals surface area contributed by atoms with Crippen LogP contribution in [0.2, 0.25) is 18.1 Å². The van der Waals surface area contributed by atoms with Crippen molar-refractivity contribution in [1.82, 2.24) is 4.98 Å². The molecule has 8 aliphatic carbocycles. The number of hydrogen-bond acceptors (Lipinski definition) is 3. The van der Waals surface area contributed by atoms with E-state index in [-0.39, 0.29) is 52.9 Å². The fraction of sp³-hybridized carbons (Fsp3) is 0.540. The maximum atomic E-state index is 12.9. The minimum absolute atomic E-state index is 0. The summed E-state index contributed by atoms with van der Waals surface area (Å²) in [7, 11) is -2.13. The predicted molar refractivity (Wildman–Crippen MR) is 283 cm³/mol. The van der Waals surface area contributed by atoms with Gasteiger partial charge in [0.25, 0.3) is 0 Å². The third kappa shape index (κ3) is 8.11. The summed E-state index contributed by atoms with van der Waals surface area (Å²) >= 11 is 0. The number of phenols is 2. The smallest absolute Gasteiger partial charge is 0.127 e. The van der Waals surface area contributed by atoms with Gasteiger partial charge in [-0.1, -0.05) is 141 Å². The number of nitrogens with zero attached hydrogens (tertiary/aromatic N) is 1. The maximum Gasteiger partial charge on any atom is 0.127 e. The number of aromatic nitrogens is 1. The Labute approximate surface area is 429 Å². The van der Waals surface area contributed by atoms with Crippen molar-refractivity contribution in [2.24, 2.45) is 35.5 Å². The Hall–Kier alpha value is -3.27. The van der Waals surface area contributed by atoms with E-state index in [4.69, 9.17) is 4.98 Å². The van der Waals surface area contributed by atoms with E-state index in [1.165, 1.54) is 104 Å². The van der Waals surface area contributed by atoms with Crippen molar-refractivity contribution in [2.45, 2.75) is 179 Å². The second-order valence-corrected chi connectivity index (χ2v) is 32.7. The Morgan fingerprint density at radius 2 is 0.765 bits per heavy atom. The van der Waals surface area contributed by atoms with Crippen LogP contribution in [0.15, 0.2) is 84.9 Å².